The van der Waals surface area contributed by atoms with Crippen LogP contribution in [-0.2, 0) is 4.79 Å². The van der Waals surface area contributed by atoms with Crippen LogP contribution in [0, 0.1) is 0 Å². The molecule has 1 fully saturated rings. The zero-order valence-electron chi connectivity index (χ0n) is 10.4. The third-order valence-corrected chi connectivity index (χ3v) is 3.49. The first-order valence-corrected chi connectivity index (χ1v) is 6.20. The van der Waals surface area contributed by atoms with E-state index in [-0.39, 0.29) is 12.3 Å². The first kappa shape index (κ1) is 12.1. The number of aliphatic hydroxyl groups excluding tert-OH is 1. The molecule has 1 heterocycles. The van der Waals surface area contributed by atoms with E-state index in [1.807, 2.05) is 12.1 Å². The summed E-state index contributed by atoms with van der Waals surface area (Å²) in [5.74, 6) is 0.553. The zero-order valence-corrected chi connectivity index (χ0v) is 10.4. The number of nitrogens with zero attached hydrogens (tertiary/aromatic N) is 1. The van der Waals surface area contributed by atoms with Crippen LogP contribution < -0.4 is 4.90 Å². The van der Waals surface area contributed by atoms with Gasteiger partial charge in [-0.2, -0.15) is 0 Å². The van der Waals surface area contributed by atoms with Crippen LogP contribution in [-0.4, -0.2) is 23.7 Å². The molecule has 2 rings (SSSR count). The lowest BCUT2D eigenvalue weighted by Gasteiger charge is -2.17. The lowest BCUT2D eigenvalue weighted by Crippen LogP contribution is -2.25. The molecule has 1 amide bonds. The summed E-state index contributed by atoms with van der Waals surface area (Å²) in [6, 6.07) is 8.08. The molecule has 0 radical (unpaired) electrons. The predicted octanol–water partition coefficient (Wildman–Crippen LogP) is 2.30. The van der Waals surface area contributed by atoms with Crippen molar-refractivity contribution in [2.45, 2.75) is 38.7 Å². The van der Waals surface area contributed by atoms with Crippen LogP contribution in [0.15, 0.2) is 24.3 Å². The Morgan fingerprint density at radius 1 is 1.41 bits per heavy atom. The number of anilines is 1. The molecule has 2 atom stereocenters. The summed E-state index contributed by atoms with van der Waals surface area (Å²) in [7, 11) is 0. The largest absolute Gasteiger partial charge is 0.391 e. The maximum absolute atomic E-state index is 11.6. The average molecular weight is 233 g/mol. The second kappa shape index (κ2) is 4.88. The van der Waals surface area contributed by atoms with E-state index in [2.05, 4.69) is 26.0 Å². The fourth-order valence-corrected chi connectivity index (χ4v) is 2.16. The van der Waals surface area contributed by atoms with E-state index in [0.717, 1.165) is 12.1 Å². The van der Waals surface area contributed by atoms with Crippen molar-refractivity contribution in [3.63, 3.8) is 0 Å². The van der Waals surface area contributed by atoms with Gasteiger partial charge in [0.25, 0.3) is 0 Å². The maximum Gasteiger partial charge on any atom is 0.229 e. The van der Waals surface area contributed by atoms with Gasteiger partial charge < -0.3 is 10.0 Å². The molecule has 1 aromatic carbocycles. The Bertz CT molecular complexity index is 399. The van der Waals surface area contributed by atoms with Crippen molar-refractivity contribution in [2.75, 3.05) is 11.4 Å². The number of carbonyl (C=O) groups excluding carboxylic acids is 1. The van der Waals surface area contributed by atoms with Crippen LogP contribution in [0.3, 0.4) is 0 Å². The van der Waals surface area contributed by atoms with E-state index in [9.17, 15) is 9.90 Å². The normalized spacial score (nSPS) is 21.9. The lowest BCUT2D eigenvalue weighted by atomic mass is 9.98. The van der Waals surface area contributed by atoms with Gasteiger partial charge in [-0.25, -0.2) is 0 Å². The van der Waals surface area contributed by atoms with Crippen LogP contribution in [0.4, 0.5) is 5.69 Å². The molecule has 0 spiro atoms. The minimum absolute atomic E-state index is 0.00814. The second-order valence-corrected chi connectivity index (χ2v) is 4.76. The molecule has 0 aliphatic carbocycles. The number of aliphatic hydroxyl groups is 1. The van der Waals surface area contributed by atoms with Gasteiger partial charge >= 0.3 is 0 Å². The summed E-state index contributed by atoms with van der Waals surface area (Å²) in [5.41, 5.74) is 2.18. The SMILES string of the molecule is CCC(C)c1ccc(N2CC(O)CC2=O)cc1. The quantitative estimate of drug-likeness (QED) is 0.870. The summed E-state index contributed by atoms with van der Waals surface area (Å²) in [4.78, 5) is 13.3. The van der Waals surface area contributed by atoms with Gasteiger partial charge in [0, 0.05) is 5.69 Å². The molecule has 1 saturated heterocycles. The molecule has 3 nitrogen and oxygen atoms in total. The van der Waals surface area contributed by atoms with Gasteiger partial charge in [0.2, 0.25) is 5.91 Å². The fourth-order valence-electron chi connectivity index (χ4n) is 2.16. The summed E-state index contributed by atoms with van der Waals surface area (Å²) in [6.07, 6.45) is 0.838. The third kappa shape index (κ3) is 2.50. The van der Waals surface area contributed by atoms with Crippen LogP contribution >= 0.6 is 0 Å². The van der Waals surface area contributed by atoms with E-state index in [1.54, 1.807) is 4.90 Å². The molecule has 17 heavy (non-hydrogen) atoms. The molecular formula is C14H19NO2. The smallest absolute Gasteiger partial charge is 0.229 e. The second-order valence-electron chi connectivity index (χ2n) is 4.76. The third-order valence-electron chi connectivity index (χ3n) is 3.49. The van der Waals surface area contributed by atoms with Gasteiger partial charge in [-0.05, 0) is 30.0 Å². The highest BCUT2D eigenvalue weighted by Gasteiger charge is 2.28. The van der Waals surface area contributed by atoms with E-state index in [1.165, 1.54) is 5.56 Å². The Morgan fingerprint density at radius 3 is 2.53 bits per heavy atom. The first-order valence-electron chi connectivity index (χ1n) is 6.20. The van der Waals surface area contributed by atoms with Gasteiger partial charge in [0.1, 0.15) is 0 Å². The highest BCUT2D eigenvalue weighted by molar-refractivity contribution is 5.96. The Hall–Kier alpha value is -1.35. The number of hydrogen-bond acceptors (Lipinski definition) is 2. The lowest BCUT2D eigenvalue weighted by molar-refractivity contribution is -0.117. The van der Waals surface area contributed by atoms with Crippen LogP contribution in [0.25, 0.3) is 0 Å². The maximum atomic E-state index is 11.6. The molecule has 1 aromatic rings. The van der Waals surface area contributed by atoms with Gasteiger partial charge in [-0.1, -0.05) is 26.0 Å². The van der Waals surface area contributed by atoms with Gasteiger partial charge in [0.15, 0.2) is 0 Å². The first-order chi connectivity index (χ1) is 8.11. The molecule has 1 aliphatic rings. The summed E-state index contributed by atoms with van der Waals surface area (Å²) in [5, 5.41) is 9.45. The van der Waals surface area contributed by atoms with Crippen LogP contribution in [0.5, 0.6) is 0 Å². The van der Waals surface area contributed by atoms with Crippen molar-refractivity contribution >= 4 is 11.6 Å². The van der Waals surface area contributed by atoms with E-state index >= 15 is 0 Å². The molecule has 0 aromatic heterocycles. The average Bonchev–Trinajstić information content (AvgIpc) is 2.68. The summed E-state index contributed by atoms with van der Waals surface area (Å²) in [6.45, 7) is 4.78. The van der Waals surface area contributed by atoms with Crippen LogP contribution in [0.2, 0.25) is 0 Å². The number of rotatable bonds is 3. The predicted molar refractivity (Wildman–Crippen MR) is 68.1 cm³/mol. The number of β-amino-alcohol motifs (C(OH)–C–C–N with tert-alkyl or cyclic N) is 1. The Morgan fingerprint density at radius 2 is 2.06 bits per heavy atom. The van der Waals surface area contributed by atoms with Gasteiger partial charge in [-0.15, -0.1) is 0 Å². The van der Waals surface area contributed by atoms with E-state index in [4.69, 9.17) is 0 Å². The van der Waals surface area contributed by atoms with Crippen LogP contribution in [0.1, 0.15) is 38.2 Å². The number of carbonyl (C=O) groups is 1. The highest BCUT2D eigenvalue weighted by Crippen LogP contribution is 2.25. The van der Waals surface area contributed by atoms with Crippen molar-refractivity contribution < 1.29 is 9.90 Å². The molecule has 3 heteroatoms. The van der Waals surface area contributed by atoms with Crippen molar-refractivity contribution in [3.05, 3.63) is 29.8 Å². The summed E-state index contributed by atoms with van der Waals surface area (Å²) < 4.78 is 0. The minimum Gasteiger partial charge on any atom is -0.391 e. The zero-order chi connectivity index (χ0) is 12.4. The number of hydrogen-bond donors (Lipinski definition) is 1. The molecule has 1 aliphatic heterocycles. The van der Waals surface area contributed by atoms with Crippen molar-refractivity contribution in [3.8, 4) is 0 Å². The van der Waals surface area contributed by atoms with E-state index in [0.29, 0.717) is 12.5 Å². The standard InChI is InChI=1S/C14H19NO2/c1-3-10(2)11-4-6-12(7-5-11)15-9-13(16)8-14(15)17/h4-7,10,13,16H,3,8-9H2,1-2H3. The molecule has 0 saturated carbocycles. The Kier molecular flexibility index (Phi) is 3.48. The molecule has 0 bridgehead atoms. The Balaban J connectivity index is 2.15. The minimum atomic E-state index is -0.517. The molecular weight excluding hydrogens is 214 g/mol. The fraction of sp³-hybridized carbons (Fsp3) is 0.500. The van der Waals surface area contributed by atoms with Gasteiger partial charge in [0.05, 0.1) is 19.1 Å². The van der Waals surface area contributed by atoms with E-state index < -0.39 is 6.10 Å². The molecule has 92 valence electrons. The Labute approximate surface area is 102 Å². The highest BCUT2D eigenvalue weighted by atomic mass is 16.3. The van der Waals surface area contributed by atoms with Gasteiger partial charge in [-0.3, -0.25) is 4.79 Å². The van der Waals surface area contributed by atoms with Crippen molar-refractivity contribution in [2.24, 2.45) is 0 Å². The molecule has 2 unspecified atom stereocenters. The number of amides is 1. The summed E-state index contributed by atoms with van der Waals surface area (Å²) >= 11 is 0. The monoisotopic (exact) mass is 233 g/mol. The molecule has 1 N–H and O–H groups in total. The number of benzene rings is 1. The van der Waals surface area contributed by atoms with Crippen molar-refractivity contribution in [1.82, 2.24) is 0 Å². The van der Waals surface area contributed by atoms with Crippen molar-refractivity contribution in [1.29, 1.82) is 0 Å². The topological polar surface area (TPSA) is 40.5 Å².